The van der Waals surface area contributed by atoms with Gasteiger partial charge in [-0.2, -0.15) is 0 Å². The number of carbonyl (C=O) groups is 2. The van der Waals surface area contributed by atoms with Crippen LogP contribution in [0.15, 0.2) is 85.1 Å². The lowest BCUT2D eigenvalue weighted by atomic mass is 10.1. The lowest BCUT2D eigenvalue weighted by Crippen LogP contribution is -2.29. The highest BCUT2D eigenvalue weighted by Crippen LogP contribution is 2.36. The van der Waals surface area contributed by atoms with E-state index in [-0.39, 0.29) is 19.4 Å². The minimum atomic E-state index is -4.81. The first-order valence-electron chi connectivity index (χ1n) is 19.0. The van der Waals surface area contributed by atoms with Crippen LogP contribution in [0.25, 0.3) is 0 Å². The molecule has 0 unspecified atom stereocenters. The molecule has 0 bridgehead atoms. The van der Waals surface area contributed by atoms with Gasteiger partial charge in [-0.1, -0.05) is 131 Å². The summed E-state index contributed by atoms with van der Waals surface area (Å²) in [6, 6.07) is 0. The average Bonchev–Trinajstić information content (AvgIpc) is 3.09. The normalized spacial score (nSPS) is 14.1. The predicted molar refractivity (Wildman–Crippen MR) is 208 cm³/mol. The van der Waals surface area contributed by atoms with Gasteiger partial charge in [0.2, 0.25) is 0 Å². The summed E-state index contributed by atoms with van der Waals surface area (Å²) in [5.74, 6) is -1.12. The number of aliphatic hydroxyl groups excluding tert-OH is 1. The molecule has 0 rings (SSSR count). The van der Waals surface area contributed by atoms with Crippen molar-refractivity contribution >= 4 is 19.8 Å². The molecule has 10 heteroatoms. The zero-order valence-corrected chi connectivity index (χ0v) is 32.2. The number of hydrogen-bond acceptors (Lipinski definition) is 7. The summed E-state index contributed by atoms with van der Waals surface area (Å²) >= 11 is 0. The minimum absolute atomic E-state index is 0.0251. The maximum atomic E-state index is 12.4. The Kier molecular flexibility index (Phi) is 33.6. The molecule has 3 N–H and O–H groups in total. The topological polar surface area (TPSA) is 140 Å². The van der Waals surface area contributed by atoms with Crippen molar-refractivity contribution in [3.05, 3.63) is 85.1 Å². The Labute approximate surface area is 308 Å². The van der Waals surface area contributed by atoms with Crippen molar-refractivity contribution in [1.82, 2.24) is 0 Å². The predicted octanol–water partition coefficient (Wildman–Crippen LogP) is 10.3. The summed E-state index contributed by atoms with van der Waals surface area (Å²) in [5.41, 5.74) is 0. The summed E-state index contributed by atoms with van der Waals surface area (Å²) < 4.78 is 26.2. The highest BCUT2D eigenvalue weighted by Gasteiger charge is 2.23. The van der Waals surface area contributed by atoms with Crippen LogP contribution in [0.1, 0.15) is 136 Å². The molecule has 51 heavy (non-hydrogen) atoms. The van der Waals surface area contributed by atoms with Gasteiger partial charge in [-0.25, -0.2) is 4.57 Å². The van der Waals surface area contributed by atoms with Gasteiger partial charge in [-0.3, -0.25) is 14.1 Å². The number of phosphoric ester groups is 1. The first-order chi connectivity index (χ1) is 24.7. The molecule has 0 fully saturated rings. The van der Waals surface area contributed by atoms with Crippen LogP contribution in [-0.2, 0) is 28.2 Å². The second-order valence-electron chi connectivity index (χ2n) is 12.4. The lowest BCUT2D eigenvalue weighted by molar-refractivity contribution is -0.161. The van der Waals surface area contributed by atoms with Crippen LogP contribution >= 0.6 is 7.82 Å². The third-order valence-corrected chi connectivity index (χ3v) is 7.99. The maximum absolute atomic E-state index is 12.4. The largest absolute Gasteiger partial charge is 0.469 e. The van der Waals surface area contributed by atoms with E-state index in [1.54, 1.807) is 12.2 Å². The summed E-state index contributed by atoms with van der Waals surface area (Å²) in [7, 11) is -4.81. The maximum Gasteiger partial charge on any atom is 0.469 e. The number of hydrogen-bond donors (Lipinski definition) is 3. The molecule has 0 amide bonds. The molecule has 0 aliphatic carbocycles. The summed E-state index contributed by atoms with van der Waals surface area (Å²) in [4.78, 5) is 42.7. The summed E-state index contributed by atoms with van der Waals surface area (Å²) in [6.45, 7) is 3.34. The first kappa shape index (κ1) is 48.2. The molecule has 0 aromatic carbocycles. The molecule has 0 heterocycles. The van der Waals surface area contributed by atoms with Gasteiger partial charge in [-0.15, -0.1) is 0 Å². The van der Waals surface area contributed by atoms with Crippen LogP contribution in [0.3, 0.4) is 0 Å². The van der Waals surface area contributed by atoms with Gasteiger partial charge in [-0.05, 0) is 77.0 Å². The van der Waals surface area contributed by atoms with E-state index in [0.29, 0.717) is 19.3 Å². The van der Waals surface area contributed by atoms with Crippen LogP contribution in [0.4, 0.5) is 0 Å². The third-order valence-electron chi connectivity index (χ3n) is 7.50. The number of aliphatic hydroxyl groups is 1. The highest BCUT2D eigenvalue weighted by molar-refractivity contribution is 7.46. The van der Waals surface area contributed by atoms with Gasteiger partial charge in [0.25, 0.3) is 0 Å². The second kappa shape index (κ2) is 35.6. The van der Waals surface area contributed by atoms with E-state index in [4.69, 9.17) is 19.3 Å². The van der Waals surface area contributed by atoms with Gasteiger partial charge in [0.1, 0.15) is 6.61 Å². The van der Waals surface area contributed by atoms with E-state index in [9.17, 15) is 19.3 Å². The Bertz CT molecular complexity index is 1110. The number of allylic oxidation sites excluding steroid dienone is 13. The van der Waals surface area contributed by atoms with E-state index < -0.39 is 38.6 Å². The Morgan fingerprint density at radius 1 is 0.627 bits per heavy atom. The number of phosphoric acid groups is 1. The van der Waals surface area contributed by atoms with E-state index in [1.165, 1.54) is 19.3 Å². The quantitative estimate of drug-likeness (QED) is 0.0198. The SMILES string of the molecule is CC/C=C\C/C=C\C/C=C\CCCCCCCC(=O)OC[C@H](COP(=O)(O)O)OC(=O)CCC[C@@H](O)/C=C/C=C\C/C=C\C/C=C\CCCCC. The summed E-state index contributed by atoms with van der Waals surface area (Å²) in [5, 5.41) is 10.2. The second-order valence-corrected chi connectivity index (χ2v) is 13.6. The number of esters is 2. The highest BCUT2D eigenvalue weighted by atomic mass is 31.2. The fourth-order valence-corrected chi connectivity index (χ4v) is 5.03. The Hall–Kier alpha value is -2.81. The van der Waals surface area contributed by atoms with Gasteiger partial charge in [0, 0.05) is 12.8 Å². The number of ether oxygens (including phenoxy) is 2. The molecule has 290 valence electrons. The van der Waals surface area contributed by atoms with Crippen LogP contribution in [0, 0.1) is 0 Å². The standard InChI is InChI=1S/C41H67O9P/c1-3-5-7-9-11-13-15-17-18-20-22-24-26-28-30-34-40(43)48-36-39(37-49-51(45,46)47)50-41(44)35-31-33-38(42)32-29-27-25-23-21-19-16-14-12-10-8-6-4-2/h5,7,11-14,17-19,21,25,27,29,32,38-39,42H,3-4,6,8-10,15-16,20,22-24,26,28,30-31,33-37H2,1-2H3,(H2,45,46,47)/b7-5-,13-11-,14-12-,18-17-,21-19-,27-25-,32-29+/t38-,39+/m0/s1. The molecule has 0 radical (unpaired) electrons. The zero-order chi connectivity index (χ0) is 37.7. The van der Waals surface area contributed by atoms with E-state index in [1.807, 2.05) is 12.2 Å². The third kappa shape index (κ3) is 38.3. The lowest BCUT2D eigenvalue weighted by Gasteiger charge is -2.18. The molecule has 0 spiro atoms. The Morgan fingerprint density at radius 3 is 1.80 bits per heavy atom. The Morgan fingerprint density at radius 2 is 1.18 bits per heavy atom. The Balaban J connectivity index is 4.23. The molecule has 0 saturated heterocycles. The molecule has 0 aliphatic rings. The number of rotatable bonds is 33. The van der Waals surface area contributed by atoms with E-state index >= 15 is 0 Å². The number of carbonyl (C=O) groups excluding carboxylic acids is 2. The zero-order valence-electron chi connectivity index (χ0n) is 31.3. The molecule has 0 saturated carbocycles. The van der Waals surface area contributed by atoms with Crippen molar-refractivity contribution in [3.8, 4) is 0 Å². The van der Waals surface area contributed by atoms with Gasteiger partial charge in [0.05, 0.1) is 12.7 Å². The van der Waals surface area contributed by atoms with Crippen LogP contribution in [-0.4, -0.2) is 52.3 Å². The smallest absolute Gasteiger partial charge is 0.462 e. The van der Waals surface area contributed by atoms with E-state index in [0.717, 1.165) is 70.6 Å². The fourth-order valence-electron chi connectivity index (χ4n) is 4.66. The van der Waals surface area contributed by atoms with Crippen molar-refractivity contribution in [2.24, 2.45) is 0 Å². The summed E-state index contributed by atoms with van der Waals surface area (Å²) in [6.07, 6.45) is 43.3. The van der Waals surface area contributed by atoms with Crippen LogP contribution < -0.4 is 0 Å². The van der Waals surface area contributed by atoms with Crippen molar-refractivity contribution in [1.29, 1.82) is 0 Å². The van der Waals surface area contributed by atoms with Crippen LogP contribution in [0.2, 0.25) is 0 Å². The number of unbranched alkanes of at least 4 members (excludes halogenated alkanes) is 8. The molecule has 0 aromatic heterocycles. The molecular formula is C41H67O9P. The molecule has 0 aromatic rings. The molecule has 0 aliphatic heterocycles. The van der Waals surface area contributed by atoms with Crippen molar-refractivity contribution in [2.45, 2.75) is 148 Å². The average molecular weight is 735 g/mol. The van der Waals surface area contributed by atoms with Crippen molar-refractivity contribution < 1.29 is 43.0 Å². The van der Waals surface area contributed by atoms with Gasteiger partial charge < -0.3 is 24.4 Å². The van der Waals surface area contributed by atoms with E-state index in [2.05, 4.69) is 79.1 Å². The van der Waals surface area contributed by atoms with Gasteiger partial charge >= 0.3 is 19.8 Å². The van der Waals surface area contributed by atoms with Crippen molar-refractivity contribution in [2.75, 3.05) is 13.2 Å². The molecule has 9 nitrogen and oxygen atoms in total. The monoisotopic (exact) mass is 734 g/mol. The molecule has 2 atom stereocenters. The first-order valence-corrected chi connectivity index (χ1v) is 20.5. The fraction of sp³-hybridized carbons (Fsp3) is 0.610. The van der Waals surface area contributed by atoms with Gasteiger partial charge in [0.15, 0.2) is 6.10 Å². The minimum Gasteiger partial charge on any atom is -0.462 e. The van der Waals surface area contributed by atoms with Crippen molar-refractivity contribution in [3.63, 3.8) is 0 Å². The molecular weight excluding hydrogens is 667 g/mol. The van der Waals surface area contributed by atoms with Crippen LogP contribution in [0.5, 0.6) is 0 Å².